The molecule has 1 aliphatic rings. The number of hydrogen-bond acceptors (Lipinski definition) is 2. The van der Waals surface area contributed by atoms with Crippen LogP contribution in [-0.2, 0) is 11.2 Å². The van der Waals surface area contributed by atoms with Crippen LogP contribution in [0.25, 0.3) is 10.8 Å². The van der Waals surface area contributed by atoms with Crippen molar-refractivity contribution >= 4 is 16.7 Å². The Kier molecular flexibility index (Phi) is 4.73. The molecule has 140 valence electrons. The molecule has 0 radical (unpaired) electrons. The second-order valence-corrected chi connectivity index (χ2v) is 7.44. The van der Waals surface area contributed by atoms with Crippen molar-refractivity contribution in [1.29, 1.82) is 0 Å². The van der Waals surface area contributed by atoms with Crippen LogP contribution in [-0.4, -0.2) is 22.6 Å². The first kappa shape index (κ1) is 18.7. The summed E-state index contributed by atoms with van der Waals surface area (Å²) in [6.45, 7) is 5.27. The van der Waals surface area contributed by atoms with Gasteiger partial charge in [-0.25, -0.2) is 0 Å². The molecule has 0 spiro atoms. The maximum absolute atomic E-state index is 14.2. The van der Waals surface area contributed by atoms with E-state index < -0.39 is 17.8 Å². The van der Waals surface area contributed by atoms with E-state index in [1.165, 1.54) is 0 Å². The molecule has 1 amide bonds. The third kappa shape index (κ3) is 3.30. The minimum absolute atomic E-state index is 0.0380. The number of amides is 1. The third-order valence-electron chi connectivity index (χ3n) is 4.93. The van der Waals surface area contributed by atoms with Crippen LogP contribution in [0.5, 0.6) is 0 Å². The molecular weight excluding hydrogens is 341 g/mol. The summed E-state index contributed by atoms with van der Waals surface area (Å²) in [4.78, 5) is 11.8. The summed E-state index contributed by atoms with van der Waals surface area (Å²) in [6, 6.07) is 8.90. The molecule has 0 aliphatic carbocycles. The Hall–Kier alpha value is -2.08. The number of hydrazine groups is 1. The van der Waals surface area contributed by atoms with Gasteiger partial charge in [0.1, 0.15) is 0 Å². The molecule has 1 unspecified atom stereocenters. The van der Waals surface area contributed by atoms with E-state index in [2.05, 4.69) is 5.43 Å². The van der Waals surface area contributed by atoms with Crippen molar-refractivity contribution in [3.8, 4) is 0 Å². The van der Waals surface area contributed by atoms with Crippen molar-refractivity contribution in [2.45, 2.75) is 57.8 Å². The van der Waals surface area contributed by atoms with Gasteiger partial charge in [-0.15, -0.1) is 0 Å². The average Bonchev–Trinajstić information content (AvgIpc) is 2.80. The quantitative estimate of drug-likeness (QED) is 0.836. The number of carbonyl (C=O) groups excluding carboxylic acids is 1. The summed E-state index contributed by atoms with van der Waals surface area (Å²) >= 11 is 0. The van der Waals surface area contributed by atoms with Gasteiger partial charge < -0.3 is 0 Å². The molecule has 0 aromatic heterocycles. The number of hydrogen-bond donors (Lipinski definition) is 1. The lowest BCUT2D eigenvalue weighted by molar-refractivity contribution is -0.204. The lowest BCUT2D eigenvalue weighted by atomic mass is 9.89. The lowest BCUT2D eigenvalue weighted by Gasteiger charge is -2.38. The summed E-state index contributed by atoms with van der Waals surface area (Å²) < 4.78 is 42.5. The van der Waals surface area contributed by atoms with Gasteiger partial charge in [0.2, 0.25) is 5.91 Å². The number of alkyl halides is 3. The van der Waals surface area contributed by atoms with Gasteiger partial charge in [-0.1, -0.05) is 49.7 Å². The van der Waals surface area contributed by atoms with Crippen LogP contribution in [0.15, 0.2) is 36.4 Å². The Morgan fingerprint density at radius 1 is 1.19 bits per heavy atom. The van der Waals surface area contributed by atoms with Gasteiger partial charge in [-0.05, 0) is 42.2 Å². The standard InChI is InChI=1S/C20H23F3N2O/c1-4-7-15-14-9-6-5-8-13(14)10-11-16(15)18(20(21,22)23)25-19(2,3)12-17(26)24-25/h5-6,8-11,18H,4,7,12H2,1-3H3,(H,24,26). The highest BCUT2D eigenvalue weighted by Gasteiger charge is 2.53. The van der Waals surface area contributed by atoms with Crippen LogP contribution in [0.2, 0.25) is 0 Å². The van der Waals surface area contributed by atoms with Crippen LogP contribution < -0.4 is 5.43 Å². The van der Waals surface area contributed by atoms with Crippen LogP contribution in [0.3, 0.4) is 0 Å². The van der Waals surface area contributed by atoms with Crippen LogP contribution in [0.1, 0.15) is 50.8 Å². The molecule has 1 N–H and O–H groups in total. The molecule has 0 saturated carbocycles. The fourth-order valence-corrected chi connectivity index (χ4v) is 3.82. The zero-order valence-corrected chi connectivity index (χ0v) is 15.2. The zero-order chi connectivity index (χ0) is 19.1. The van der Waals surface area contributed by atoms with Crippen LogP contribution >= 0.6 is 0 Å². The van der Waals surface area contributed by atoms with Crippen molar-refractivity contribution < 1.29 is 18.0 Å². The van der Waals surface area contributed by atoms with Gasteiger partial charge in [0.25, 0.3) is 0 Å². The van der Waals surface area contributed by atoms with E-state index in [0.717, 1.165) is 22.2 Å². The highest BCUT2D eigenvalue weighted by molar-refractivity contribution is 5.87. The maximum Gasteiger partial charge on any atom is 0.409 e. The lowest BCUT2D eigenvalue weighted by Crippen LogP contribution is -2.51. The largest absolute Gasteiger partial charge is 0.409 e. The number of benzene rings is 2. The molecule has 1 heterocycles. The SMILES string of the molecule is CCCc1c(C(N2NC(=O)CC2(C)C)C(F)(F)F)ccc2ccccc12. The average molecular weight is 364 g/mol. The van der Waals surface area contributed by atoms with E-state index in [-0.39, 0.29) is 17.9 Å². The Balaban J connectivity index is 2.22. The molecule has 1 aliphatic heterocycles. The number of halogens is 3. The normalized spacial score (nSPS) is 18.9. The number of nitrogens with zero attached hydrogens (tertiary/aromatic N) is 1. The minimum atomic E-state index is -4.51. The minimum Gasteiger partial charge on any atom is -0.287 e. The van der Waals surface area contributed by atoms with E-state index >= 15 is 0 Å². The Morgan fingerprint density at radius 2 is 1.88 bits per heavy atom. The number of nitrogens with one attached hydrogen (secondary N) is 1. The van der Waals surface area contributed by atoms with Crippen molar-refractivity contribution in [2.75, 3.05) is 0 Å². The van der Waals surface area contributed by atoms with Gasteiger partial charge in [0, 0.05) is 12.0 Å². The third-order valence-corrected chi connectivity index (χ3v) is 4.93. The fourth-order valence-electron chi connectivity index (χ4n) is 3.82. The van der Waals surface area contributed by atoms with Gasteiger partial charge in [0.15, 0.2) is 6.04 Å². The highest BCUT2D eigenvalue weighted by Crippen LogP contribution is 2.45. The van der Waals surface area contributed by atoms with Gasteiger partial charge in [0.05, 0.1) is 0 Å². The van der Waals surface area contributed by atoms with E-state index in [9.17, 15) is 18.0 Å². The Labute approximate surface area is 151 Å². The smallest absolute Gasteiger partial charge is 0.287 e. The summed E-state index contributed by atoms with van der Waals surface area (Å²) in [5.41, 5.74) is 2.43. The molecular formula is C20H23F3N2O. The fraction of sp³-hybridized carbons (Fsp3) is 0.450. The number of aryl methyl sites for hydroxylation is 1. The van der Waals surface area contributed by atoms with Gasteiger partial charge in [-0.2, -0.15) is 18.2 Å². The van der Waals surface area contributed by atoms with Gasteiger partial charge >= 0.3 is 6.18 Å². The molecule has 6 heteroatoms. The van der Waals surface area contributed by atoms with Gasteiger partial charge in [-0.3, -0.25) is 10.2 Å². The van der Waals surface area contributed by atoms with Crippen molar-refractivity contribution in [3.05, 3.63) is 47.5 Å². The molecule has 0 bridgehead atoms. The molecule has 26 heavy (non-hydrogen) atoms. The summed E-state index contributed by atoms with van der Waals surface area (Å²) in [7, 11) is 0. The van der Waals surface area contributed by atoms with Crippen LogP contribution in [0, 0.1) is 0 Å². The van der Waals surface area contributed by atoms with E-state index in [4.69, 9.17) is 0 Å². The predicted octanol–water partition coefficient (Wildman–Crippen LogP) is 4.91. The first-order chi connectivity index (χ1) is 12.1. The predicted molar refractivity (Wildman–Crippen MR) is 95.4 cm³/mol. The van der Waals surface area contributed by atoms with Crippen LogP contribution in [0.4, 0.5) is 13.2 Å². The number of fused-ring (bicyclic) bond motifs is 1. The van der Waals surface area contributed by atoms with Crippen molar-refractivity contribution in [2.24, 2.45) is 0 Å². The molecule has 3 nitrogen and oxygen atoms in total. The van der Waals surface area contributed by atoms with E-state index in [1.54, 1.807) is 26.0 Å². The van der Waals surface area contributed by atoms with Crippen molar-refractivity contribution in [1.82, 2.24) is 10.4 Å². The highest BCUT2D eigenvalue weighted by atomic mass is 19.4. The maximum atomic E-state index is 14.2. The topological polar surface area (TPSA) is 32.3 Å². The Bertz CT molecular complexity index is 829. The molecule has 2 aromatic rings. The monoisotopic (exact) mass is 364 g/mol. The first-order valence-electron chi connectivity index (χ1n) is 8.81. The molecule has 3 rings (SSSR count). The zero-order valence-electron chi connectivity index (χ0n) is 15.2. The summed E-state index contributed by atoms with van der Waals surface area (Å²) in [5, 5.41) is 2.84. The molecule has 1 saturated heterocycles. The van der Waals surface area contributed by atoms with Crippen molar-refractivity contribution in [3.63, 3.8) is 0 Å². The summed E-state index contributed by atoms with van der Waals surface area (Å²) in [6.07, 6.45) is -3.19. The number of rotatable bonds is 4. The summed E-state index contributed by atoms with van der Waals surface area (Å²) in [5.74, 6) is -0.387. The molecule has 2 aromatic carbocycles. The van der Waals surface area contributed by atoms with E-state index in [1.807, 2.05) is 31.2 Å². The second kappa shape index (κ2) is 6.58. The Morgan fingerprint density at radius 3 is 2.46 bits per heavy atom. The van der Waals surface area contributed by atoms with E-state index in [0.29, 0.717) is 12.0 Å². The molecule has 1 fully saturated rings. The molecule has 1 atom stereocenters. The number of carbonyl (C=O) groups is 1. The first-order valence-corrected chi connectivity index (χ1v) is 8.81. The second-order valence-electron chi connectivity index (χ2n) is 7.44.